The molecule has 62 valence electrons. The Kier molecular flexibility index (Phi) is 2.05. The van der Waals surface area contributed by atoms with Crippen molar-refractivity contribution in [2.75, 3.05) is 0 Å². The van der Waals surface area contributed by atoms with Crippen LogP contribution in [0.3, 0.4) is 0 Å². The molecule has 0 saturated carbocycles. The Morgan fingerprint density at radius 2 is 2.36 bits per heavy atom. The highest BCUT2D eigenvalue weighted by Crippen LogP contribution is 2.29. The van der Waals surface area contributed by atoms with Crippen LogP contribution in [0.15, 0.2) is 11.1 Å². The van der Waals surface area contributed by atoms with Crippen LogP contribution in [0.4, 0.5) is 0 Å². The lowest BCUT2D eigenvalue weighted by molar-refractivity contribution is -0.119. The van der Waals surface area contributed by atoms with Crippen molar-refractivity contribution in [3.05, 3.63) is 11.1 Å². The molecule has 0 unspecified atom stereocenters. The first-order valence-electron chi connectivity index (χ1n) is 3.28. The van der Waals surface area contributed by atoms with Crippen LogP contribution in [0.2, 0.25) is 0 Å². The first kappa shape index (κ1) is 8.71. The fourth-order valence-corrected chi connectivity index (χ4v) is 1.22. The maximum atomic E-state index is 10.8. The van der Waals surface area contributed by atoms with E-state index in [1.165, 1.54) is 13.0 Å². The molecule has 0 heterocycles. The van der Waals surface area contributed by atoms with Gasteiger partial charge in [-0.05, 0) is 13.0 Å². The fraction of sp³-hybridized carbons (Fsp3) is 0.571. The number of hydrogen-bond acceptors (Lipinski definition) is 3. The standard InChI is InChI=1S/C7H9ClO3/c1-4(9)7(11)2-5(8)6(10)3-7/h2,4,9,11H,3H2,1H3/t4-,7-/m1/s1. The number of hydrogen-bond donors (Lipinski definition) is 2. The van der Waals surface area contributed by atoms with Gasteiger partial charge in [0.1, 0.15) is 5.60 Å². The maximum Gasteiger partial charge on any atom is 0.177 e. The summed E-state index contributed by atoms with van der Waals surface area (Å²) < 4.78 is 0. The first-order chi connectivity index (χ1) is 4.96. The SMILES string of the molecule is C[C@@H](O)[C@@]1(O)C=C(Cl)C(=O)C1. The zero-order chi connectivity index (χ0) is 8.65. The van der Waals surface area contributed by atoms with Crippen molar-refractivity contribution in [1.29, 1.82) is 0 Å². The first-order valence-corrected chi connectivity index (χ1v) is 3.65. The van der Waals surface area contributed by atoms with Crippen molar-refractivity contribution in [2.45, 2.75) is 25.0 Å². The number of ketones is 1. The summed E-state index contributed by atoms with van der Waals surface area (Å²) >= 11 is 5.43. The Morgan fingerprint density at radius 3 is 2.55 bits per heavy atom. The molecule has 0 spiro atoms. The van der Waals surface area contributed by atoms with Gasteiger partial charge in [0.05, 0.1) is 11.1 Å². The van der Waals surface area contributed by atoms with E-state index in [1.54, 1.807) is 0 Å². The summed E-state index contributed by atoms with van der Waals surface area (Å²) in [5.41, 5.74) is -1.45. The minimum Gasteiger partial charge on any atom is -0.390 e. The van der Waals surface area contributed by atoms with Crippen molar-refractivity contribution in [3.8, 4) is 0 Å². The van der Waals surface area contributed by atoms with Crippen LogP contribution in [0.1, 0.15) is 13.3 Å². The van der Waals surface area contributed by atoms with Gasteiger partial charge in [0.15, 0.2) is 5.78 Å². The number of allylic oxidation sites excluding steroid dienone is 1. The summed E-state index contributed by atoms with van der Waals surface area (Å²) in [5.74, 6) is -0.324. The molecule has 3 nitrogen and oxygen atoms in total. The van der Waals surface area contributed by atoms with Crippen molar-refractivity contribution >= 4 is 17.4 Å². The third kappa shape index (κ3) is 1.45. The molecule has 0 aliphatic heterocycles. The van der Waals surface area contributed by atoms with Crippen molar-refractivity contribution in [3.63, 3.8) is 0 Å². The second kappa shape index (κ2) is 2.59. The van der Waals surface area contributed by atoms with Crippen molar-refractivity contribution < 1.29 is 15.0 Å². The Morgan fingerprint density at radius 1 is 1.82 bits per heavy atom. The minimum absolute atomic E-state index is 0.00778. The van der Waals surface area contributed by atoms with E-state index in [9.17, 15) is 9.90 Å². The molecule has 1 aliphatic rings. The van der Waals surface area contributed by atoms with Crippen LogP contribution in [0, 0.1) is 0 Å². The Hall–Kier alpha value is -0.380. The van der Waals surface area contributed by atoms with Gasteiger partial charge >= 0.3 is 0 Å². The molecule has 1 aliphatic carbocycles. The number of carbonyl (C=O) groups is 1. The Bertz CT molecular complexity index is 222. The Labute approximate surface area is 69.3 Å². The average Bonchev–Trinajstić information content (AvgIpc) is 2.09. The molecule has 0 fully saturated rings. The van der Waals surface area contributed by atoms with E-state index in [1.807, 2.05) is 0 Å². The molecule has 4 heteroatoms. The highest BCUT2D eigenvalue weighted by molar-refractivity contribution is 6.43. The van der Waals surface area contributed by atoms with Gasteiger partial charge in [-0.1, -0.05) is 11.6 Å². The zero-order valence-corrected chi connectivity index (χ0v) is 6.80. The summed E-state index contributed by atoms with van der Waals surface area (Å²) in [6.07, 6.45) is 0.105. The molecule has 2 atom stereocenters. The summed E-state index contributed by atoms with van der Waals surface area (Å²) in [5, 5.41) is 18.5. The average molecular weight is 177 g/mol. The van der Waals surface area contributed by atoms with Gasteiger partial charge in [-0.25, -0.2) is 0 Å². The van der Waals surface area contributed by atoms with Gasteiger partial charge < -0.3 is 10.2 Å². The molecule has 0 amide bonds. The van der Waals surface area contributed by atoms with E-state index in [2.05, 4.69) is 0 Å². The van der Waals surface area contributed by atoms with E-state index in [-0.39, 0.29) is 17.2 Å². The molecular weight excluding hydrogens is 168 g/mol. The third-order valence-electron chi connectivity index (χ3n) is 1.81. The van der Waals surface area contributed by atoms with Gasteiger partial charge in [-0.2, -0.15) is 0 Å². The summed E-state index contributed by atoms with van der Waals surface area (Å²) in [7, 11) is 0. The fourth-order valence-electron chi connectivity index (χ4n) is 0.961. The highest BCUT2D eigenvalue weighted by atomic mass is 35.5. The highest BCUT2D eigenvalue weighted by Gasteiger charge is 2.39. The maximum absolute atomic E-state index is 10.8. The number of carbonyl (C=O) groups excluding carboxylic acids is 1. The van der Waals surface area contributed by atoms with Crippen LogP contribution < -0.4 is 0 Å². The second-order valence-corrected chi connectivity index (χ2v) is 3.17. The third-order valence-corrected chi connectivity index (χ3v) is 2.13. The molecule has 2 N–H and O–H groups in total. The number of halogens is 1. The topological polar surface area (TPSA) is 57.5 Å². The lowest BCUT2D eigenvalue weighted by Crippen LogP contribution is -2.37. The summed E-state index contributed by atoms with van der Waals surface area (Å²) in [4.78, 5) is 10.8. The van der Waals surface area contributed by atoms with Crippen molar-refractivity contribution in [2.24, 2.45) is 0 Å². The number of aliphatic hydroxyl groups excluding tert-OH is 1. The molecule has 0 aromatic carbocycles. The van der Waals surface area contributed by atoms with E-state index < -0.39 is 11.7 Å². The predicted molar refractivity (Wildman–Crippen MR) is 40.2 cm³/mol. The molecule has 1 rings (SSSR count). The lowest BCUT2D eigenvalue weighted by Gasteiger charge is -2.22. The van der Waals surface area contributed by atoms with Crippen LogP contribution in [-0.2, 0) is 4.79 Å². The number of aliphatic hydroxyl groups is 2. The normalized spacial score (nSPS) is 33.8. The largest absolute Gasteiger partial charge is 0.390 e. The van der Waals surface area contributed by atoms with Gasteiger partial charge in [-0.15, -0.1) is 0 Å². The smallest absolute Gasteiger partial charge is 0.177 e. The molecule has 11 heavy (non-hydrogen) atoms. The van der Waals surface area contributed by atoms with E-state index >= 15 is 0 Å². The van der Waals surface area contributed by atoms with E-state index in [0.717, 1.165) is 0 Å². The molecule has 0 bridgehead atoms. The van der Waals surface area contributed by atoms with Crippen LogP contribution in [-0.4, -0.2) is 27.7 Å². The predicted octanol–water partition coefficient (Wildman–Crippen LogP) is 0.194. The summed E-state index contributed by atoms with van der Waals surface area (Å²) in [6.45, 7) is 1.42. The van der Waals surface area contributed by atoms with Crippen molar-refractivity contribution in [1.82, 2.24) is 0 Å². The van der Waals surface area contributed by atoms with E-state index in [4.69, 9.17) is 16.7 Å². The van der Waals surface area contributed by atoms with E-state index in [0.29, 0.717) is 0 Å². The minimum atomic E-state index is -1.45. The van der Waals surface area contributed by atoms with Crippen LogP contribution in [0.5, 0.6) is 0 Å². The number of rotatable bonds is 1. The zero-order valence-electron chi connectivity index (χ0n) is 6.04. The van der Waals surface area contributed by atoms with Gasteiger partial charge in [0, 0.05) is 6.42 Å². The quantitative estimate of drug-likeness (QED) is 0.600. The Balaban J connectivity index is 2.88. The van der Waals surface area contributed by atoms with Crippen LogP contribution >= 0.6 is 11.6 Å². The molecule has 0 aromatic heterocycles. The van der Waals surface area contributed by atoms with Gasteiger partial charge in [0.25, 0.3) is 0 Å². The van der Waals surface area contributed by atoms with Gasteiger partial charge in [-0.3, -0.25) is 4.79 Å². The second-order valence-electron chi connectivity index (χ2n) is 2.76. The molecule has 0 aromatic rings. The summed E-state index contributed by atoms with van der Waals surface area (Å²) in [6, 6.07) is 0. The molecule has 0 saturated heterocycles. The monoisotopic (exact) mass is 176 g/mol. The molecular formula is C7H9ClO3. The van der Waals surface area contributed by atoms with Crippen LogP contribution in [0.25, 0.3) is 0 Å². The van der Waals surface area contributed by atoms with Gasteiger partial charge in [0.2, 0.25) is 0 Å². The lowest BCUT2D eigenvalue weighted by atomic mass is 9.98. The molecule has 0 radical (unpaired) electrons. The number of Topliss-reactive ketones (excluding diaryl/α,β-unsaturated/α-hetero) is 1.